The maximum absolute atomic E-state index is 14.1. The van der Waals surface area contributed by atoms with Crippen molar-refractivity contribution in [2.75, 3.05) is 4.90 Å². The van der Waals surface area contributed by atoms with E-state index in [1.54, 1.807) is 48.5 Å². The molecule has 1 aliphatic heterocycles. The van der Waals surface area contributed by atoms with Gasteiger partial charge in [0, 0.05) is 10.8 Å². The standard InChI is InChI=1S/C34H18N4O2/c35-19-21-12-14-26-27-15-13-22(20-36)17-31(27)38(30(26)16-21)29-11-5-10-28-32(29)34(40)37(33(28)39)25-9-4-8-24(18-25)23-6-2-1-3-7-23/h1-18H. The highest BCUT2D eigenvalue weighted by atomic mass is 16.2. The van der Waals surface area contributed by atoms with E-state index in [0.717, 1.165) is 21.9 Å². The molecule has 186 valence electrons. The summed E-state index contributed by atoms with van der Waals surface area (Å²) in [6, 6.07) is 37.5. The van der Waals surface area contributed by atoms with Gasteiger partial charge in [0.25, 0.3) is 11.8 Å². The second-order valence-corrected chi connectivity index (χ2v) is 9.58. The van der Waals surface area contributed by atoms with E-state index in [0.29, 0.717) is 39.1 Å². The van der Waals surface area contributed by atoms with Crippen LogP contribution in [-0.2, 0) is 0 Å². The highest BCUT2D eigenvalue weighted by Gasteiger charge is 2.39. The summed E-state index contributed by atoms with van der Waals surface area (Å²) in [6.07, 6.45) is 0. The Morgan fingerprint density at radius 1 is 0.575 bits per heavy atom. The van der Waals surface area contributed by atoms with Gasteiger partial charge in [0.05, 0.1) is 56.8 Å². The number of fused-ring (bicyclic) bond motifs is 4. The normalized spacial score (nSPS) is 12.5. The Morgan fingerprint density at radius 2 is 1.20 bits per heavy atom. The Balaban J connectivity index is 1.45. The summed E-state index contributed by atoms with van der Waals surface area (Å²) >= 11 is 0. The van der Waals surface area contributed by atoms with Crippen LogP contribution in [0, 0.1) is 22.7 Å². The molecule has 5 aromatic carbocycles. The van der Waals surface area contributed by atoms with Gasteiger partial charge in [-0.1, -0.05) is 60.7 Å². The van der Waals surface area contributed by atoms with Crippen molar-refractivity contribution < 1.29 is 9.59 Å². The van der Waals surface area contributed by atoms with E-state index >= 15 is 0 Å². The van der Waals surface area contributed by atoms with Crippen molar-refractivity contribution in [2.45, 2.75) is 0 Å². The first kappa shape index (κ1) is 23.2. The quantitative estimate of drug-likeness (QED) is 0.238. The van der Waals surface area contributed by atoms with Crippen molar-refractivity contribution in [3.63, 3.8) is 0 Å². The summed E-state index contributed by atoms with van der Waals surface area (Å²) < 4.78 is 1.88. The fourth-order valence-electron chi connectivity index (χ4n) is 5.56. The molecule has 0 aliphatic carbocycles. The third-order valence-corrected chi connectivity index (χ3v) is 7.37. The van der Waals surface area contributed by atoms with Gasteiger partial charge in [-0.05, 0) is 59.7 Å². The number of aromatic nitrogens is 1. The van der Waals surface area contributed by atoms with Crippen molar-refractivity contribution in [1.82, 2.24) is 4.57 Å². The third kappa shape index (κ3) is 3.34. The Labute approximate surface area is 229 Å². The lowest BCUT2D eigenvalue weighted by atomic mass is 10.0. The molecule has 1 aromatic heterocycles. The summed E-state index contributed by atoms with van der Waals surface area (Å²) in [5.74, 6) is -0.827. The summed E-state index contributed by atoms with van der Waals surface area (Å²) in [5, 5.41) is 21.0. The first-order chi connectivity index (χ1) is 19.6. The van der Waals surface area contributed by atoms with Gasteiger partial charge in [0.2, 0.25) is 0 Å². The molecule has 0 unspecified atom stereocenters. The molecule has 0 saturated carbocycles. The number of rotatable bonds is 3. The molecule has 0 radical (unpaired) electrons. The second kappa shape index (κ2) is 8.80. The van der Waals surface area contributed by atoms with Crippen LogP contribution in [0.4, 0.5) is 5.69 Å². The van der Waals surface area contributed by atoms with Crippen LogP contribution in [-0.4, -0.2) is 16.4 Å². The minimum atomic E-state index is -0.427. The van der Waals surface area contributed by atoms with Gasteiger partial charge in [-0.15, -0.1) is 0 Å². The predicted molar refractivity (Wildman–Crippen MR) is 153 cm³/mol. The predicted octanol–water partition coefficient (Wildman–Crippen LogP) is 6.99. The van der Waals surface area contributed by atoms with E-state index in [9.17, 15) is 20.1 Å². The lowest BCUT2D eigenvalue weighted by Gasteiger charge is -2.16. The van der Waals surface area contributed by atoms with Gasteiger partial charge >= 0.3 is 0 Å². The smallest absolute Gasteiger partial charge is 0.268 e. The molecule has 6 nitrogen and oxygen atoms in total. The minimum Gasteiger partial charge on any atom is -0.308 e. The average Bonchev–Trinajstić information content (AvgIpc) is 3.47. The number of nitrogens with zero attached hydrogens (tertiary/aromatic N) is 4. The van der Waals surface area contributed by atoms with Crippen LogP contribution < -0.4 is 4.90 Å². The minimum absolute atomic E-state index is 0.279. The zero-order valence-electron chi connectivity index (χ0n) is 21.0. The number of carbonyl (C=O) groups excluding carboxylic acids is 2. The van der Waals surface area contributed by atoms with Crippen LogP contribution >= 0.6 is 0 Å². The molecule has 0 fully saturated rings. The number of benzene rings is 5. The Bertz CT molecular complexity index is 2060. The third-order valence-electron chi connectivity index (χ3n) is 7.37. The van der Waals surface area contributed by atoms with Crippen LogP contribution in [0.5, 0.6) is 0 Å². The summed E-state index contributed by atoms with van der Waals surface area (Å²) in [5.41, 5.74) is 5.81. The van der Waals surface area contributed by atoms with Gasteiger partial charge < -0.3 is 4.57 Å². The molecule has 6 heteroatoms. The molecule has 7 rings (SSSR count). The fraction of sp³-hybridized carbons (Fsp3) is 0. The molecule has 0 atom stereocenters. The highest BCUT2D eigenvalue weighted by Crippen LogP contribution is 2.38. The van der Waals surface area contributed by atoms with Crippen LogP contribution in [0.1, 0.15) is 31.8 Å². The average molecular weight is 515 g/mol. The molecule has 0 N–H and O–H groups in total. The molecule has 6 aromatic rings. The molecule has 2 amide bonds. The Kier molecular flexibility index (Phi) is 5.10. The molecule has 0 saturated heterocycles. The number of hydrogen-bond donors (Lipinski definition) is 0. The number of imide groups is 1. The van der Waals surface area contributed by atoms with E-state index in [-0.39, 0.29) is 5.56 Å². The summed E-state index contributed by atoms with van der Waals surface area (Å²) in [6.45, 7) is 0. The Morgan fingerprint density at radius 3 is 1.85 bits per heavy atom. The fourth-order valence-corrected chi connectivity index (χ4v) is 5.56. The maximum atomic E-state index is 14.1. The van der Waals surface area contributed by atoms with E-state index in [1.165, 1.54) is 4.90 Å². The van der Waals surface area contributed by atoms with Gasteiger partial charge in [-0.2, -0.15) is 10.5 Å². The number of carbonyl (C=O) groups is 2. The van der Waals surface area contributed by atoms with Crippen LogP contribution in [0.2, 0.25) is 0 Å². The Hall–Kier alpha value is -5.98. The second-order valence-electron chi connectivity index (χ2n) is 9.58. The molecular weight excluding hydrogens is 496 g/mol. The molecule has 1 aliphatic rings. The monoisotopic (exact) mass is 514 g/mol. The first-order valence-electron chi connectivity index (χ1n) is 12.6. The van der Waals surface area contributed by atoms with Crippen LogP contribution in [0.25, 0.3) is 38.6 Å². The van der Waals surface area contributed by atoms with Crippen molar-refractivity contribution >= 4 is 39.3 Å². The molecule has 0 spiro atoms. The maximum Gasteiger partial charge on any atom is 0.268 e. The van der Waals surface area contributed by atoms with Crippen molar-refractivity contribution in [1.29, 1.82) is 10.5 Å². The van der Waals surface area contributed by atoms with Gasteiger partial charge in [-0.25, -0.2) is 4.90 Å². The number of nitriles is 2. The molecular formula is C34H18N4O2. The number of amides is 2. The SMILES string of the molecule is N#Cc1ccc2c3ccc(C#N)cc3n(-c3cccc4c3C(=O)N(c3cccc(-c5ccccc5)c3)C4=O)c2c1. The van der Waals surface area contributed by atoms with Crippen molar-refractivity contribution in [3.05, 3.63) is 131 Å². The molecule has 40 heavy (non-hydrogen) atoms. The van der Waals surface area contributed by atoms with E-state index < -0.39 is 11.8 Å². The topological polar surface area (TPSA) is 89.9 Å². The highest BCUT2D eigenvalue weighted by molar-refractivity contribution is 6.36. The molecule has 2 heterocycles. The van der Waals surface area contributed by atoms with Crippen LogP contribution in [0.3, 0.4) is 0 Å². The number of anilines is 1. The van der Waals surface area contributed by atoms with E-state index in [4.69, 9.17) is 0 Å². The van der Waals surface area contributed by atoms with Crippen molar-refractivity contribution in [3.8, 4) is 29.0 Å². The van der Waals surface area contributed by atoms with Crippen LogP contribution in [0.15, 0.2) is 109 Å². The molecule has 0 bridgehead atoms. The van der Waals surface area contributed by atoms with E-state index in [1.807, 2.05) is 65.2 Å². The summed E-state index contributed by atoms with van der Waals surface area (Å²) in [7, 11) is 0. The zero-order valence-corrected chi connectivity index (χ0v) is 21.0. The van der Waals surface area contributed by atoms with Crippen molar-refractivity contribution in [2.24, 2.45) is 0 Å². The van der Waals surface area contributed by atoms with Gasteiger partial charge in [0.15, 0.2) is 0 Å². The van der Waals surface area contributed by atoms with Gasteiger partial charge in [-0.3, -0.25) is 9.59 Å². The lowest BCUT2D eigenvalue weighted by molar-refractivity contribution is 0.0926. The summed E-state index contributed by atoms with van der Waals surface area (Å²) in [4.78, 5) is 29.0. The first-order valence-corrected chi connectivity index (χ1v) is 12.6. The lowest BCUT2D eigenvalue weighted by Crippen LogP contribution is -2.29. The largest absolute Gasteiger partial charge is 0.308 e. The van der Waals surface area contributed by atoms with Gasteiger partial charge in [0.1, 0.15) is 0 Å². The number of hydrogen-bond acceptors (Lipinski definition) is 4. The van der Waals surface area contributed by atoms with E-state index in [2.05, 4.69) is 12.1 Å². The zero-order chi connectivity index (χ0) is 27.4.